The number of furan rings is 2. The van der Waals surface area contributed by atoms with Gasteiger partial charge in [0.15, 0.2) is 0 Å². The molecule has 9 aromatic rings. The number of aromatic nitrogens is 1. The van der Waals surface area contributed by atoms with E-state index in [0.717, 1.165) is 77.5 Å². The minimum Gasteiger partial charge on any atom is -0.456 e. The van der Waals surface area contributed by atoms with Crippen LogP contribution in [-0.2, 0) is 0 Å². The molecule has 0 aliphatic heterocycles. The lowest BCUT2D eigenvalue weighted by Gasteiger charge is -2.11. The smallest absolute Gasteiger partial charge is 0.145 e. The molecule has 0 unspecified atom stereocenters. The summed E-state index contributed by atoms with van der Waals surface area (Å²) in [6, 6.07) is 48.2. The molecule has 0 N–H and O–H groups in total. The summed E-state index contributed by atoms with van der Waals surface area (Å²) in [6.45, 7) is 0. The molecule has 0 fully saturated rings. The van der Waals surface area contributed by atoms with Crippen molar-refractivity contribution in [2.75, 3.05) is 0 Å². The third kappa shape index (κ3) is 3.44. The van der Waals surface area contributed by atoms with Gasteiger partial charge in [-0.05, 0) is 52.2 Å². The van der Waals surface area contributed by atoms with Gasteiger partial charge in [-0.2, -0.15) is 0 Å². The summed E-state index contributed by atoms with van der Waals surface area (Å²) in [7, 11) is 0. The van der Waals surface area contributed by atoms with Crippen molar-refractivity contribution < 1.29 is 8.83 Å². The molecule has 3 nitrogen and oxygen atoms in total. The zero-order chi connectivity index (χ0) is 27.6. The summed E-state index contributed by atoms with van der Waals surface area (Å²) < 4.78 is 13.3. The fourth-order valence-electron chi connectivity index (χ4n) is 6.33. The molecule has 6 aromatic carbocycles. The molecule has 196 valence electrons. The second-order valence-electron chi connectivity index (χ2n) is 10.7. The summed E-state index contributed by atoms with van der Waals surface area (Å²) >= 11 is 0. The molecule has 3 heterocycles. The molecule has 0 amide bonds. The second kappa shape index (κ2) is 8.92. The van der Waals surface area contributed by atoms with Crippen molar-refractivity contribution in [1.29, 1.82) is 0 Å². The summed E-state index contributed by atoms with van der Waals surface area (Å²) in [5.74, 6) is 0. The van der Waals surface area contributed by atoms with E-state index in [0.29, 0.717) is 0 Å². The van der Waals surface area contributed by atoms with Gasteiger partial charge in [-0.25, -0.2) is 4.98 Å². The molecule has 0 aliphatic rings. The molecule has 0 saturated carbocycles. The van der Waals surface area contributed by atoms with Crippen molar-refractivity contribution in [2.45, 2.75) is 0 Å². The van der Waals surface area contributed by atoms with Gasteiger partial charge >= 0.3 is 0 Å². The zero-order valence-corrected chi connectivity index (χ0v) is 22.5. The number of pyridine rings is 1. The molecule has 0 radical (unpaired) electrons. The summed E-state index contributed by atoms with van der Waals surface area (Å²) in [5, 5.41) is 6.67. The number of nitrogens with zero attached hydrogens (tertiary/aromatic N) is 1. The van der Waals surface area contributed by atoms with Crippen molar-refractivity contribution in [3.05, 3.63) is 140 Å². The molecule has 0 bridgehead atoms. The Morgan fingerprint density at radius 1 is 0.405 bits per heavy atom. The van der Waals surface area contributed by atoms with E-state index < -0.39 is 0 Å². The van der Waals surface area contributed by atoms with Crippen LogP contribution in [0, 0.1) is 0 Å². The van der Waals surface area contributed by atoms with Gasteiger partial charge < -0.3 is 8.83 Å². The van der Waals surface area contributed by atoms with Crippen LogP contribution < -0.4 is 0 Å². The third-order valence-corrected chi connectivity index (χ3v) is 8.25. The van der Waals surface area contributed by atoms with Crippen LogP contribution in [0.2, 0.25) is 0 Å². The molecule has 3 heteroatoms. The highest BCUT2D eigenvalue weighted by atomic mass is 16.3. The van der Waals surface area contributed by atoms with Crippen LogP contribution in [-0.4, -0.2) is 4.98 Å². The van der Waals surface area contributed by atoms with E-state index in [9.17, 15) is 0 Å². The highest BCUT2D eigenvalue weighted by Crippen LogP contribution is 2.46. The molecule has 0 aliphatic carbocycles. The number of benzene rings is 6. The van der Waals surface area contributed by atoms with Crippen LogP contribution >= 0.6 is 0 Å². The highest BCUT2D eigenvalue weighted by molar-refractivity contribution is 6.32. The first-order valence-electron chi connectivity index (χ1n) is 14.1. The molecule has 3 aromatic heterocycles. The molecule has 0 saturated heterocycles. The van der Waals surface area contributed by atoms with E-state index in [-0.39, 0.29) is 0 Å². The predicted octanol–water partition coefficient (Wildman–Crippen LogP) is 11.0. The lowest BCUT2D eigenvalue weighted by Crippen LogP contribution is -1.92. The van der Waals surface area contributed by atoms with Crippen molar-refractivity contribution in [1.82, 2.24) is 4.98 Å². The van der Waals surface area contributed by atoms with Gasteiger partial charge in [0, 0.05) is 32.7 Å². The Kier molecular flexibility index (Phi) is 4.90. The maximum atomic E-state index is 6.69. The number of fused-ring (bicyclic) bond motifs is 9. The van der Waals surface area contributed by atoms with Crippen LogP contribution in [0.1, 0.15) is 0 Å². The van der Waals surface area contributed by atoms with Gasteiger partial charge in [-0.15, -0.1) is 0 Å². The quantitative estimate of drug-likeness (QED) is 0.225. The van der Waals surface area contributed by atoms with Crippen molar-refractivity contribution >= 4 is 54.6 Å². The van der Waals surface area contributed by atoms with E-state index in [4.69, 9.17) is 13.8 Å². The normalized spacial score (nSPS) is 11.8. The fourth-order valence-corrected chi connectivity index (χ4v) is 6.33. The maximum Gasteiger partial charge on any atom is 0.145 e. The van der Waals surface area contributed by atoms with Gasteiger partial charge in [0.25, 0.3) is 0 Å². The third-order valence-electron chi connectivity index (χ3n) is 8.25. The minimum atomic E-state index is 0.816. The number of para-hydroxylation sites is 1. The van der Waals surface area contributed by atoms with E-state index in [1.165, 1.54) is 10.8 Å². The van der Waals surface area contributed by atoms with Crippen LogP contribution in [0.5, 0.6) is 0 Å². The Balaban J connectivity index is 1.43. The van der Waals surface area contributed by atoms with Crippen LogP contribution in [0.15, 0.2) is 148 Å². The van der Waals surface area contributed by atoms with Crippen molar-refractivity contribution in [3.63, 3.8) is 0 Å². The first-order chi connectivity index (χ1) is 20.8. The van der Waals surface area contributed by atoms with Crippen LogP contribution in [0.3, 0.4) is 0 Å². The number of hydrogen-bond donors (Lipinski definition) is 0. The van der Waals surface area contributed by atoms with Crippen LogP contribution in [0.4, 0.5) is 0 Å². The maximum absolute atomic E-state index is 6.69. The average Bonchev–Trinajstić information content (AvgIpc) is 3.63. The van der Waals surface area contributed by atoms with Gasteiger partial charge in [0.1, 0.15) is 22.3 Å². The molecule has 0 atom stereocenters. The average molecular weight is 538 g/mol. The van der Waals surface area contributed by atoms with E-state index in [1.807, 2.05) is 36.4 Å². The molecular formula is C39H23NO2. The standard InChI is InChI=1S/C39H23NO2/c1-3-11-24(12-4-1)27-21-31(26-14-5-2-6-15-26)40-32(22-27)30-23-35-38(37-29-17-9-10-18-33(29)42-39(30)37)36-28-16-8-7-13-25(28)19-20-34(36)41-35/h1-23H. The van der Waals surface area contributed by atoms with Gasteiger partial charge in [-0.3, -0.25) is 0 Å². The first kappa shape index (κ1) is 23.1. The topological polar surface area (TPSA) is 39.2 Å². The Morgan fingerprint density at radius 2 is 1.10 bits per heavy atom. The zero-order valence-electron chi connectivity index (χ0n) is 22.5. The Bertz CT molecular complexity index is 2390. The molecule has 9 rings (SSSR count). The van der Waals surface area contributed by atoms with E-state index >= 15 is 0 Å². The van der Waals surface area contributed by atoms with Gasteiger partial charge in [-0.1, -0.05) is 109 Å². The van der Waals surface area contributed by atoms with Crippen LogP contribution in [0.25, 0.3) is 88.3 Å². The summed E-state index contributed by atoms with van der Waals surface area (Å²) in [5.41, 5.74) is 9.30. The van der Waals surface area contributed by atoms with E-state index in [2.05, 4.69) is 103 Å². The lowest BCUT2D eigenvalue weighted by atomic mass is 9.96. The molecular weight excluding hydrogens is 514 g/mol. The van der Waals surface area contributed by atoms with Crippen molar-refractivity contribution in [3.8, 4) is 33.6 Å². The first-order valence-corrected chi connectivity index (χ1v) is 14.1. The summed E-state index contributed by atoms with van der Waals surface area (Å²) in [6.07, 6.45) is 0. The number of hydrogen-bond acceptors (Lipinski definition) is 3. The minimum absolute atomic E-state index is 0.816. The fraction of sp³-hybridized carbons (Fsp3) is 0. The predicted molar refractivity (Wildman–Crippen MR) is 173 cm³/mol. The SMILES string of the molecule is c1ccc(-c2cc(-c3ccccc3)nc(-c3cc4oc5ccc6ccccc6c5c4c4c3oc3ccccc34)c2)cc1. The Labute approximate surface area is 241 Å². The number of rotatable bonds is 3. The Morgan fingerprint density at radius 3 is 1.93 bits per heavy atom. The summed E-state index contributed by atoms with van der Waals surface area (Å²) in [4.78, 5) is 5.23. The second-order valence-corrected chi connectivity index (χ2v) is 10.7. The molecule has 0 spiro atoms. The molecule has 42 heavy (non-hydrogen) atoms. The van der Waals surface area contributed by atoms with Crippen molar-refractivity contribution in [2.24, 2.45) is 0 Å². The Hall–Kier alpha value is -5.67. The lowest BCUT2D eigenvalue weighted by molar-refractivity contribution is 0.663. The van der Waals surface area contributed by atoms with E-state index in [1.54, 1.807) is 0 Å². The monoisotopic (exact) mass is 537 g/mol. The highest BCUT2D eigenvalue weighted by Gasteiger charge is 2.23. The van der Waals surface area contributed by atoms with Gasteiger partial charge in [0.05, 0.1) is 11.4 Å². The van der Waals surface area contributed by atoms with Gasteiger partial charge in [0.2, 0.25) is 0 Å². The largest absolute Gasteiger partial charge is 0.456 e.